The van der Waals surface area contributed by atoms with E-state index in [2.05, 4.69) is 4.98 Å². The van der Waals surface area contributed by atoms with Crippen LogP contribution in [0.15, 0.2) is 24.7 Å². The number of hydrogen-bond acceptors (Lipinski definition) is 6. The van der Waals surface area contributed by atoms with E-state index in [9.17, 15) is 23.6 Å². The summed E-state index contributed by atoms with van der Waals surface area (Å²) in [6, 6.07) is 2.30. The number of nitro benzene ring substituents is 1. The van der Waals surface area contributed by atoms with Gasteiger partial charge in [0.15, 0.2) is 0 Å². The zero-order valence-electron chi connectivity index (χ0n) is 12.4. The van der Waals surface area contributed by atoms with Crippen molar-refractivity contribution in [1.29, 1.82) is 0 Å². The molecule has 1 aromatic carbocycles. The first kappa shape index (κ1) is 18.6. The molecule has 1 atom stereocenters. The molecule has 9 nitrogen and oxygen atoms in total. The van der Waals surface area contributed by atoms with Crippen LogP contribution in [-0.4, -0.2) is 45.8 Å². The van der Waals surface area contributed by atoms with Gasteiger partial charge in [-0.15, -0.1) is 0 Å². The number of benzene rings is 1. The van der Waals surface area contributed by atoms with Gasteiger partial charge in [-0.25, -0.2) is 8.96 Å². The molecule has 0 aliphatic carbocycles. The molecule has 0 fully saturated rings. The van der Waals surface area contributed by atoms with Crippen LogP contribution in [0, 0.1) is 10.1 Å². The van der Waals surface area contributed by atoms with Crippen LogP contribution < -0.4 is 0 Å². The van der Waals surface area contributed by atoms with Crippen LogP contribution in [0.4, 0.5) is 5.69 Å². The number of rotatable bonds is 5. The first-order valence-corrected chi connectivity index (χ1v) is 8.49. The van der Waals surface area contributed by atoms with Gasteiger partial charge in [0, 0.05) is 36.9 Å². The fraction of sp³-hybridized carbons (Fsp3) is 0.250. The molecule has 2 rings (SSSR count). The minimum Gasteiger partial charge on any atom is -0.382 e. The van der Waals surface area contributed by atoms with Crippen LogP contribution in [0.25, 0.3) is 0 Å². The largest absolute Gasteiger partial charge is 0.382 e. The van der Waals surface area contributed by atoms with Gasteiger partial charge < -0.3 is 5.11 Å². The summed E-state index contributed by atoms with van der Waals surface area (Å²) in [7, 11) is -1.13. The van der Waals surface area contributed by atoms with E-state index < -0.39 is 26.9 Å². The lowest BCUT2D eigenvalue weighted by Crippen LogP contribution is -2.27. The molecule has 1 N–H and O–H groups in total. The van der Waals surface area contributed by atoms with Gasteiger partial charge in [0.05, 0.1) is 10.6 Å². The van der Waals surface area contributed by atoms with Crippen LogP contribution >= 0.6 is 23.2 Å². The molecule has 0 bridgehead atoms. The number of nitro groups is 1. The second-order valence-corrected chi connectivity index (χ2v) is 7.77. The third kappa shape index (κ3) is 3.37. The Morgan fingerprint density at radius 1 is 1.38 bits per heavy atom. The van der Waals surface area contributed by atoms with Crippen molar-refractivity contribution in [3.63, 3.8) is 0 Å². The maximum Gasteiger partial charge on any atom is 0.308 e. The second kappa shape index (κ2) is 6.65. The van der Waals surface area contributed by atoms with Crippen molar-refractivity contribution < 1.29 is 18.4 Å². The van der Waals surface area contributed by atoms with Gasteiger partial charge in [0.2, 0.25) is 0 Å². The van der Waals surface area contributed by atoms with E-state index in [4.69, 9.17) is 23.2 Å². The average Bonchev–Trinajstić information content (AvgIpc) is 2.98. The van der Waals surface area contributed by atoms with E-state index >= 15 is 0 Å². The third-order valence-corrected chi connectivity index (χ3v) is 5.41. The quantitative estimate of drug-likeness (QED) is 0.610. The smallest absolute Gasteiger partial charge is 0.308 e. The molecule has 0 amide bonds. The lowest BCUT2D eigenvalue weighted by molar-refractivity contribution is -0.384. The molecule has 0 aliphatic heterocycles. The molecule has 130 valence electrons. The maximum absolute atomic E-state index is 12.0. The van der Waals surface area contributed by atoms with Crippen molar-refractivity contribution in [2.24, 2.45) is 0 Å². The summed E-state index contributed by atoms with van der Waals surface area (Å²) in [6.45, 7) is 0. The van der Waals surface area contributed by atoms with Gasteiger partial charge in [-0.2, -0.15) is 12.7 Å². The Hall–Kier alpha value is -1.72. The van der Waals surface area contributed by atoms with E-state index in [0.717, 1.165) is 26.9 Å². The molecule has 0 saturated carbocycles. The molecule has 1 unspecified atom stereocenters. The number of imidazole rings is 1. The van der Waals surface area contributed by atoms with Crippen molar-refractivity contribution in [3.8, 4) is 0 Å². The monoisotopic (exact) mass is 394 g/mol. The van der Waals surface area contributed by atoms with E-state index in [1.165, 1.54) is 20.2 Å². The Balaban J connectivity index is 2.50. The maximum atomic E-state index is 12.0. The summed E-state index contributed by atoms with van der Waals surface area (Å²) < 4.78 is 25.8. The lowest BCUT2D eigenvalue weighted by atomic mass is 10.1. The zero-order valence-corrected chi connectivity index (χ0v) is 14.7. The first-order chi connectivity index (χ1) is 11.1. The fourth-order valence-corrected chi connectivity index (χ4v) is 3.15. The van der Waals surface area contributed by atoms with Gasteiger partial charge in [-0.1, -0.05) is 23.2 Å². The summed E-state index contributed by atoms with van der Waals surface area (Å²) in [5, 5.41) is 21.0. The molecule has 2 aromatic rings. The van der Waals surface area contributed by atoms with Crippen molar-refractivity contribution in [3.05, 3.63) is 56.1 Å². The van der Waals surface area contributed by atoms with Crippen LogP contribution in [0.5, 0.6) is 0 Å². The molecular formula is C12H12Cl2N4O5S. The van der Waals surface area contributed by atoms with Crippen LogP contribution in [-0.2, 0) is 10.2 Å². The Labute approximate surface area is 147 Å². The number of aliphatic hydroxyl groups is 1. The summed E-state index contributed by atoms with van der Waals surface area (Å²) in [4.78, 5) is 14.1. The number of hydrogen-bond donors (Lipinski definition) is 1. The Kier molecular flexibility index (Phi) is 5.16. The summed E-state index contributed by atoms with van der Waals surface area (Å²) in [6.07, 6.45) is 0.595. The third-order valence-electron chi connectivity index (χ3n) is 3.13. The topological polar surface area (TPSA) is 119 Å². The van der Waals surface area contributed by atoms with E-state index in [0.29, 0.717) is 0 Å². The predicted molar refractivity (Wildman–Crippen MR) is 87.4 cm³/mol. The highest BCUT2D eigenvalue weighted by Gasteiger charge is 2.26. The van der Waals surface area contributed by atoms with Gasteiger partial charge >= 0.3 is 10.2 Å². The summed E-state index contributed by atoms with van der Waals surface area (Å²) >= 11 is 11.8. The van der Waals surface area contributed by atoms with Crippen molar-refractivity contribution in [1.82, 2.24) is 13.3 Å². The predicted octanol–water partition coefficient (Wildman–Crippen LogP) is 1.83. The highest BCUT2D eigenvalue weighted by molar-refractivity contribution is 7.87. The number of aliphatic hydroxyl groups excluding tert-OH is 1. The molecule has 0 aliphatic rings. The van der Waals surface area contributed by atoms with Gasteiger partial charge in [-0.3, -0.25) is 10.1 Å². The number of halogens is 2. The molecule has 12 heteroatoms. The minimum atomic E-state index is -3.80. The lowest BCUT2D eigenvalue weighted by Gasteiger charge is -2.12. The Morgan fingerprint density at radius 3 is 2.54 bits per heavy atom. The molecule has 24 heavy (non-hydrogen) atoms. The fourth-order valence-electron chi connectivity index (χ4n) is 1.86. The van der Waals surface area contributed by atoms with Crippen molar-refractivity contribution in [2.45, 2.75) is 6.10 Å². The molecule has 0 saturated heterocycles. The highest BCUT2D eigenvalue weighted by Crippen LogP contribution is 2.37. The molecule has 1 heterocycles. The van der Waals surface area contributed by atoms with Crippen molar-refractivity contribution >= 4 is 39.1 Å². The van der Waals surface area contributed by atoms with Crippen LogP contribution in [0.3, 0.4) is 0 Å². The van der Waals surface area contributed by atoms with Crippen LogP contribution in [0.1, 0.15) is 17.4 Å². The standard InChI is InChI=1S/C12H12Cl2N4O5S/c1-16(2)24(22,23)17-5-9(15-6-17)12(19)8-3-7(13)4-10(11(8)14)18(20)21/h3-6,12,19H,1-2H3. The summed E-state index contributed by atoms with van der Waals surface area (Å²) in [5.74, 6) is 0. The average molecular weight is 395 g/mol. The van der Waals surface area contributed by atoms with Gasteiger partial charge in [-0.05, 0) is 6.07 Å². The van der Waals surface area contributed by atoms with Crippen molar-refractivity contribution in [2.75, 3.05) is 14.1 Å². The Morgan fingerprint density at radius 2 is 2.00 bits per heavy atom. The molecule has 0 spiro atoms. The zero-order chi connectivity index (χ0) is 18.2. The minimum absolute atomic E-state index is 0.000459. The van der Waals surface area contributed by atoms with E-state index in [1.54, 1.807) is 0 Å². The number of aromatic nitrogens is 2. The number of nitrogens with zero attached hydrogens (tertiary/aromatic N) is 4. The van der Waals surface area contributed by atoms with Gasteiger partial charge in [0.25, 0.3) is 5.69 Å². The van der Waals surface area contributed by atoms with Crippen LogP contribution in [0.2, 0.25) is 10.0 Å². The van der Waals surface area contributed by atoms with E-state index in [-0.39, 0.29) is 21.3 Å². The molecule has 1 aromatic heterocycles. The highest BCUT2D eigenvalue weighted by atomic mass is 35.5. The SMILES string of the molecule is CN(C)S(=O)(=O)n1cnc(C(O)c2cc(Cl)cc([N+](=O)[O-])c2Cl)c1. The second-order valence-electron chi connectivity index (χ2n) is 4.91. The molecule has 0 radical (unpaired) electrons. The first-order valence-electron chi connectivity index (χ1n) is 6.34. The van der Waals surface area contributed by atoms with E-state index in [1.807, 2.05) is 0 Å². The Bertz CT molecular complexity index is 897. The molecular weight excluding hydrogens is 383 g/mol. The normalized spacial score (nSPS) is 13.2. The summed E-state index contributed by atoms with van der Waals surface area (Å²) in [5.41, 5.74) is -0.583. The van der Waals surface area contributed by atoms with Gasteiger partial charge in [0.1, 0.15) is 17.5 Å².